The van der Waals surface area contributed by atoms with Crippen LogP contribution in [0, 0.1) is 12.7 Å². The molecule has 7 rings (SSSR count). The summed E-state index contributed by atoms with van der Waals surface area (Å²) in [5, 5.41) is 17.1. The van der Waals surface area contributed by atoms with E-state index in [-0.39, 0.29) is 5.82 Å². The number of rotatable bonds is 7. The molecule has 10 heteroatoms. The fraction of sp³-hybridized carbons (Fsp3) is 0.257. The number of halogens is 1. The van der Waals surface area contributed by atoms with Gasteiger partial charge in [0.05, 0.1) is 23.2 Å². The number of ether oxygens (including phenoxy) is 2. The third-order valence-electron chi connectivity index (χ3n) is 7.86. The summed E-state index contributed by atoms with van der Waals surface area (Å²) >= 11 is 1.52. The number of aliphatic carboxylic acids is 1. The van der Waals surface area contributed by atoms with E-state index in [1.165, 1.54) is 23.5 Å². The molecule has 0 unspecified atom stereocenters. The minimum Gasteiger partial charge on any atom is -0.493 e. The van der Waals surface area contributed by atoms with Gasteiger partial charge in [0, 0.05) is 58.4 Å². The van der Waals surface area contributed by atoms with Gasteiger partial charge in [-0.05, 0) is 80.8 Å². The molecule has 1 aliphatic heterocycles. The predicted molar refractivity (Wildman–Crippen MR) is 171 cm³/mol. The van der Waals surface area contributed by atoms with E-state index in [2.05, 4.69) is 4.98 Å². The number of carboxylic acid groups (broad SMARTS) is 1. The molecular weight excluding hydrogens is 591 g/mol. The first-order valence-electron chi connectivity index (χ1n) is 14.7. The van der Waals surface area contributed by atoms with Gasteiger partial charge in [0.25, 0.3) is 0 Å². The van der Waals surface area contributed by atoms with Gasteiger partial charge in [-0.15, -0.1) is 11.3 Å². The summed E-state index contributed by atoms with van der Waals surface area (Å²) in [6.45, 7) is 8.02. The molecule has 0 aliphatic carbocycles. The molecular formula is C35H31FN4O4S. The zero-order valence-corrected chi connectivity index (χ0v) is 26.1. The number of aryl methyl sites for hydroxylation is 1. The summed E-state index contributed by atoms with van der Waals surface area (Å²) in [5.74, 6) is -0.585. The maximum Gasteiger partial charge on any atom is 0.337 e. The molecule has 8 nitrogen and oxygen atoms in total. The molecule has 0 bridgehead atoms. The highest BCUT2D eigenvalue weighted by Gasteiger charge is 2.33. The molecule has 0 saturated heterocycles. The van der Waals surface area contributed by atoms with Crippen molar-refractivity contribution in [3.05, 3.63) is 100 Å². The lowest BCUT2D eigenvalue weighted by atomic mass is 9.89. The van der Waals surface area contributed by atoms with Crippen molar-refractivity contribution < 1.29 is 23.8 Å². The van der Waals surface area contributed by atoms with Crippen molar-refractivity contribution in [1.82, 2.24) is 19.6 Å². The van der Waals surface area contributed by atoms with Crippen LogP contribution >= 0.6 is 11.3 Å². The molecule has 0 spiro atoms. The molecule has 4 aromatic heterocycles. The number of carboxylic acids is 1. The lowest BCUT2D eigenvalue weighted by Crippen LogP contribution is -2.28. The summed E-state index contributed by atoms with van der Waals surface area (Å²) in [4.78, 5) is 23.3. The van der Waals surface area contributed by atoms with E-state index in [0.29, 0.717) is 35.4 Å². The van der Waals surface area contributed by atoms with Gasteiger partial charge >= 0.3 is 5.97 Å². The van der Waals surface area contributed by atoms with Crippen molar-refractivity contribution in [2.45, 2.75) is 52.2 Å². The molecule has 5 heterocycles. The number of benzene rings is 2. The SMILES string of the molecule is Cc1cn2nc(-c3ncc(Cc4ccc(F)cc4)s3)cc2c(-c2ccc3c4c(ccnc24)CCO3)c1[C@H](OC(C)(C)C)C(=O)O. The van der Waals surface area contributed by atoms with Crippen LogP contribution in [0.25, 0.3) is 38.2 Å². The second-order valence-corrected chi connectivity index (χ2v) is 13.4. The van der Waals surface area contributed by atoms with Crippen LogP contribution in [0.5, 0.6) is 5.75 Å². The molecule has 1 atom stereocenters. The van der Waals surface area contributed by atoms with Gasteiger partial charge in [-0.2, -0.15) is 5.10 Å². The minimum atomic E-state index is -1.24. The zero-order chi connectivity index (χ0) is 31.5. The summed E-state index contributed by atoms with van der Waals surface area (Å²) in [5.41, 5.74) is 6.24. The first-order valence-corrected chi connectivity index (χ1v) is 15.5. The van der Waals surface area contributed by atoms with E-state index < -0.39 is 17.7 Å². The van der Waals surface area contributed by atoms with Crippen molar-refractivity contribution >= 4 is 33.7 Å². The smallest absolute Gasteiger partial charge is 0.337 e. The number of fused-ring (bicyclic) bond motifs is 1. The second-order valence-electron chi connectivity index (χ2n) is 12.2. The molecule has 45 heavy (non-hydrogen) atoms. The highest BCUT2D eigenvalue weighted by molar-refractivity contribution is 7.15. The monoisotopic (exact) mass is 622 g/mol. The third kappa shape index (κ3) is 5.44. The van der Waals surface area contributed by atoms with Crippen molar-refractivity contribution in [2.75, 3.05) is 6.61 Å². The number of pyridine rings is 2. The average Bonchev–Trinajstić information content (AvgIpc) is 3.64. The maximum atomic E-state index is 13.4. The lowest BCUT2D eigenvalue weighted by Gasteiger charge is -2.28. The fourth-order valence-corrected chi connectivity index (χ4v) is 6.90. The molecule has 0 amide bonds. The molecule has 6 aromatic rings. The fourth-order valence-electron chi connectivity index (χ4n) is 5.99. The molecule has 1 N–H and O–H groups in total. The van der Waals surface area contributed by atoms with E-state index in [0.717, 1.165) is 55.2 Å². The Morgan fingerprint density at radius 3 is 2.71 bits per heavy atom. The van der Waals surface area contributed by atoms with Crippen LogP contribution in [0.2, 0.25) is 0 Å². The summed E-state index contributed by atoms with van der Waals surface area (Å²) in [6.07, 6.45) is 5.60. The van der Waals surface area contributed by atoms with Gasteiger partial charge in [0.1, 0.15) is 22.3 Å². The van der Waals surface area contributed by atoms with Crippen LogP contribution in [0.4, 0.5) is 4.39 Å². The number of carbonyl (C=O) groups is 1. The summed E-state index contributed by atoms with van der Waals surface area (Å²) < 4.78 is 27.4. The second kappa shape index (κ2) is 11.0. The van der Waals surface area contributed by atoms with Crippen LogP contribution < -0.4 is 4.74 Å². The van der Waals surface area contributed by atoms with Crippen molar-refractivity contribution in [1.29, 1.82) is 0 Å². The Kier molecular flexibility index (Phi) is 7.13. The van der Waals surface area contributed by atoms with E-state index in [1.807, 2.05) is 64.4 Å². The third-order valence-corrected chi connectivity index (χ3v) is 8.88. The van der Waals surface area contributed by atoms with Crippen LogP contribution in [0.3, 0.4) is 0 Å². The first kappa shape index (κ1) is 29.1. The van der Waals surface area contributed by atoms with Crippen LogP contribution in [-0.4, -0.2) is 42.9 Å². The van der Waals surface area contributed by atoms with Gasteiger partial charge in [0.2, 0.25) is 0 Å². The van der Waals surface area contributed by atoms with Crippen molar-refractivity contribution in [2.24, 2.45) is 0 Å². The number of aromatic nitrogens is 4. The summed E-state index contributed by atoms with van der Waals surface area (Å²) in [6, 6.07) is 14.3. The van der Waals surface area contributed by atoms with Crippen molar-refractivity contribution in [3.8, 4) is 27.6 Å². The standard InChI is InChI=1S/C35H31FN4O4S/c1-19-18-40-26(16-25(39-40)33-38-17-23(45-33)15-20-5-7-22(36)8-6-20)30(28(19)32(34(41)42)44-35(2,3)4)24-9-10-27-29-21(12-14-43-27)11-13-37-31(24)29/h5-11,13,16-18,32H,12,14-15H2,1-4H3,(H,41,42)/t32-/m0/s1. The van der Waals surface area contributed by atoms with Gasteiger partial charge in [-0.1, -0.05) is 12.1 Å². The Labute approximate surface area is 263 Å². The van der Waals surface area contributed by atoms with Crippen LogP contribution in [0.15, 0.2) is 67.1 Å². The molecule has 2 aromatic carbocycles. The number of thiazole rings is 1. The molecule has 0 radical (unpaired) electrons. The van der Waals surface area contributed by atoms with E-state index >= 15 is 0 Å². The number of hydrogen-bond donors (Lipinski definition) is 1. The minimum absolute atomic E-state index is 0.268. The number of hydrogen-bond acceptors (Lipinski definition) is 7. The van der Waals surface area contributed by atoms with Gasteiger partial charge in [-0.3, -0.25) is 4.98 Å². The molecule has 228 valence electrons. The Morgan fingerprint density at radius 2 is 1.96 bits per heavy atom. The predicted octanol–water partition coefficient (Wildman–Crippen LogP) is 7.59. The zero-order valence-electron chi connectivity index (χ0n) is 25.3. The topological polar surface area (TPSA) is 98.8 Å². The highest BCUT2D eigenvalue weighted by Crippen LogP contribution is 2.44. The number of nitrogens with zero attached hydrogens (tertiary/aromatic N) is 4. The molecule has 0 fully saturated rings. The average molecular weight is 623 g/mol. The van der Waals surface area contributed by atoms with Crippen LogP contribution in [-0.2, 0) is 22.4 Å². The normalized spacial score (nSPS) is 13.7. The maximum absolute atomic E-state index is 13.4. The van der Waals surface area contributed by atoms with Gasteiger partial charge in [-0.25, -0.2) is 18.7 Å². The van der Waals surface area contributed by atoms with E-state index in [1.54, 1.807) is 22.8 Å². The lowest BCUT2D eigenvalue weighted by molar-refractivity contribution is -0.160. The van der Waals surface area contributed by atoms with E-state index in [9.17, 15) is 14.3 Å². The molecule has 0 saturated carbocycles. The Hall–Kier alpha value is -4.67. The Morgan fingerprint density at radius 1 is 1.16 bits per heavy atom. The first-order chi connectivity index (χ1) is 21.6. The quantitative estimate of drug-likeness (QED) is 0.196. The van der Waals surface area contributed by atoms with Crippen molar-refractivity contribution in [3.63, 3.8) is 0 Å². The van der Waals surface area contributed by atoms with Gasteiger partial charge in [0.15, 0.2) is 6.10 Å². The summed E-state index contributed by atoms with van der Waals surface area (Å²) in [7, 11) is 0. The van der Waals surface area contributed by atoms with E-state index in [4.69, 9.17) is 19.6 Å². The highest BCUT2D eigenvalue weighted by atomic mass is 32.1. The van der Waals surface area contributed by atoms with Crippen LogP contribution in [0.1, 0.15) is 54.0 Å². The largest absolute Gasteiger partial charge is 0.493 e. The molecule has 1 aliphatic rings. The Balaban J connectivity index is 1.44. The van der Waals surface area contributed by atoms with Gasteiger partial charge < -0.3 is 14.6 Å². The Bertz CT molecular complexity index is 2090.